The number of fused-ring (bicyclic) bond motifs is 1. The van der Waals surface area contributed by atoms with Crippen molar-refractivity contribution in [2.75, 3.05) is 0 Å². The molecule has 0 N–H and O–H groups in total. The van der Waals surface area contributed by atoms with E-state index in [9.17, 15) is 0 Å². The second-order valence-electron chi connectivity index (χ2n) is 2.67. The highest BCUT2D eigenvalue weighted by atomic mass is 79.9. The molecule has 0 bridgehead atoms. The predicted molar refractivity (Wildman–Crippen MR) is 67.2 cm³/mol. The van der Waals surface area contributed by atoms with Crippen LogP contribution in [0.15, 0.2) is 27.3 Å². The lowest BCUT2D eigenvalue weighted by Gasteiger charge is -2.05. The molecule has 0 saturated heterocycles. The molecule has 0 aliphatic carbocycles. The van der Waals surface area contributed by atoms with Gasteiger partial charge in [0.2, 0.25) is 0 Å². The van der Waals surface area contributed by atoms with Crippen LogP contribution in [0.3, 0.4) is 0 Å². The third-order valence-corrected chi connectivity index (χ3v) is 4.11. The molecular weight excluding hydrogens is 353 g/mol. The fourth-order valence-corrected chi connectivity index (χ4v) is 2.61. The van der Waals surface area contributed by atoms with Crippen molar-refractivity contribution < 1.29 is 0 Å². The van der Waals surface area contributed by atoms with Gasteiger partial charge in [0.1, 0.15) is 0 Å². The third-order valence-electron chi connectivity index (χ3n) is 1.81. The van der Waals surface area contributed by atoms with Gasteiger partial charge in [0.05, 0.1) is 15.6 Å². The Hall–Kier alpha value is 0.170. The van der Waals surface area contributed by atoms with Crippen molar-refractivity contribution in [2.45, 2.75) is 0 Å². The molecule has 0 aliphatic rings. The van der Waals surface area contributed by atoms with Crippen molar-refractivity contribution in [1.82, 2.24) is 4.98 Å². The van der Waals surface area contributed by atoms with Crippen LogP contribution >= 0.6 is 55.1 Å². The van der Waals surface area contributed by atoms with Crippen LogP contribution in [0.2, 0.25) is 10.0 Å². The first-order chi connectivity index (χ1) is 6.61. The van der Waals surface area contributed by atoms with Gasteiger partial charge in [-0.05, 0) is 44.0 Å². The van der Waals surface area contributed by atoms with Crippen LogP contribution in [0.5, 0.6) is 0 Å². The number of pyridine rings is 1. The molecule has 0 fully saturated rings. The first-order valence-electron chi connectivity index (χ1n) is 3.69. The molecule has 1 heterocycles. The van der Waals surface area contributed by atoms with Gasteiger partial charge in [-0.3, -0.25) is 4.98 Å². The van der Waals surface area contributed by atoms with Crippen LogP contribution in [-0.4, -0.2) is 4.98 Å². The summed E-state index contributed by atoms with van der Waals surface area (Å²) in [6.07, 6.45) is 1.59. The van der Waals surface area contributed by atoms with Gasteiger partial charge < -0.3 is 0 Å². The lowest BCUT2D eigenvalue weighted by molar-refractivity contribution is 1.39. The minimum absolute atomic E-state index is 0.553. The van der Waals surface area contributed by atoms with Crippen LogP contribution in [0.25, 0.3) is 10.9 Å². The first-order valence-corrected chi connectivity index (χ1v) is 6.03. The highest BCUT2D eigenvalue weighted by Gasteiger charge is 2.10. The predicted octanol–water partition coefficient (Wildman–Crippen LogP) is 5.07. The van der Waals surface area contributed by atoms with E-state index in [-0.39, 0.29) is 0 Å². The van der Waals surface area contributed by atoms with Crippen LogP contribution in [0.1, 0.15) is 0 Å². The smallest absolute Gasteiger partial charge is 0.0871 e. The normalized spacial score (nSPS) is 10.9. The van der Waals surface area contributed by atoms with Crippen molar-refractivity contribution in [3.8, 4) is 0 Å². The summed E-state index contributed by atoms with van der Waals surface area (Å²) in [5, 5.41) is 2.01. The highest BCUT2D eigenvalue weighted by Crippen LogP contribution is 2.37. The molecule has 2 aromatic rings. The van der Waals surface area contributed by atoms with E-state index < -0.39 is 0 Å². The van der Waals surface area contributed by atoms with Crippen LogP contribution in [-0.2, 0) is 0 Å². The largest absolute Gasteiger partial charge is 0.253 e. The fourth-order valence-electron chi connectivity index (χ4n) is 1.17. The van der Waals surface area contributed by atoms with Gasteiger partial charge in [0, 0.05) is 20.5 Å². The molecule has 1 aromatic heterocycles. The van der Waals surface area contributed by atoms with Gasteiger partial charge in [0.15, 0.2) is 0 Å². The Morgan fingerprint density at radius 2 is 1.79 bits per heavy atom. The lowest BCUT2D eigenvalue weighted by Crippen LogP contribution is -1.84. The number of benzene rings is 1. The van der Waals surface area contributed by atoms with E-state index in [0.717, 1.165) is 19.8 Å². The molecule has 0 aliphatic heterocycles. The monoisotopic (exact) mass is 353 g/mol. The SMILES string of the molecule is Clc1cnc2c(Br)ccc(Cl)c2c1Br. The summed E-state index contributed by atoms with van der Waals surface area (Å²) >= 11 is 18.8. The molecule has 72 valence electrons. The summed E-state index contributed by atoms with van der Waals surface area (Å²) in [5.41, 5.74) is 0.800. The minimum Gasteiger partial charge on any atom is -0.253 e. The zero-order valence-corrected chi connectivity index (χ0v) is 11.4. The summed E-state index contributed by atoms with van der Waals surface area (Å²) in [5.74, 6) is 0. The summed E-state index contributed by atoms with van der Waals surface area (Å²) in [6, 6.07) is 3.66. The molecule has 0 amide bonds. The van der Waals surface area contributed by atoms with Gasteiger partial charge in [-0.15, -0.1) is 0 Å². The third kappa shape index (κ3) is 1.67. The van der Waals surface area contributed by atoms with Crippen molar-refractivity contribution in [2.24, 2.45) is 0 Å². The van der Waals surface area contributed by atoms with E-state index in [2.05, 4.69) is 36.8 Å². The van der Waals surface area contributed by atoms with E-state index in [1.165, 1.54) is 0 Å². The van der Waals surface area contributed by atoms with Gasteiger partial charge >= 0.3 is 0 Å². The van der Waals surface area contributed by atoms with E-state index >= 15 is 0 Å². The Morgan fingerprint density at radius 1 is 1.07 bits per heavy atom. The zero-order valence-electron chi connectivity index (χ0n) is 6.69. The number of nitrogens with zero attached hydrogens (tertiary/aromatic N) is 1. The van der Waals surface area contributed by atoms with Crippen molar-refractivity contribution >= 4 is 66.0 Å². The molecule has 0 atom stereocenters. The van der Waals surface area contributed by atoms with Gasteiger partial charge in [-0.2, -0.15) is 0 Å². The number of hydrogen-bond donors (Lipinski definition) is 0. The molecule has 14 heavy (non-hydrogen) atoms. The Balaban J connectivity index is 3.01. The Bertz CT molecular complexity index is 514. The van der Waals surface area contributed by atoms with Crippen molar-refractivity contribution in [1.29, 1.82) is 0 Å². The lowest BCUT2D eigenvalue weighted by atomic mass is 10.2. The van der Waals surface area contributed by atoms with Crippen molar-refractivity contribution in [3.63, 3.8) is 0 Å². The van der Waals surface area contributed by atoms with E-state index in [4.69, 9.17) is 23.2 Å². The average molecular weight is 356 g/mol. The Kier molecular flexibility index (Phi) is 3.03. The van der Waals surface area contributed by atoms with Crippen LogP contribution in [0.4, 0.5) is 0 Å². The molecule has 5 heteroatoms. The number of rotatable bonds is 0. The molecule has 0 radical (unpaired) electrons. The number of hydrogen-bond acceptors (Lipinski definition) is 1. The zero-order chi connectivity index (χ0) is 10.3. The Labute approximate surface area is 108 Å². The van der Waals surface area contributed by atoms with Gasteiger partial charge in [-0.25, -0.2) is 0 Å². The fraction of sp³-hybridized carbons (Fsp3) is 0. The maximum Gasteiger partial charge on any atom is 0.0871 e. The molecule has 0 unspecified atom stereocenters. The van der Waals surface area contributed by atoms with E-state index in [1.807, 2.05) is 6.07 Å². The van der Waals surface area contributed by atoms with Crippen LogP contribution < -0.4 is 0 Å². The van der Waals surface area contributed by atoms with Crippen LogP contribution in [0, 0.1) is 0 Å². The minimum atomic E-state index is 0.553. The van der Waals surface area contributed by atoms with E-state index in [1.54, 1.807) is 12.3 Å². The maximum atomic E-state index is 6.06. The second-order valence-corrected chi connectivity index (χ2v) is 5.13. The molecule has 1 nitrogen and oxygen atoms in total. The topological polar surface area (TPSA) is 12.9 Å². The summed E-state index contributed by atoms with van der Waals surface area (Å²) in [7, 11) is 0. The first kappa shape index (κ1) is 10.7. The van der Waals surface area contributed by atoms with E-state index in [0.29, 0.717) is 10.0 Å². The second kappa shape index (κ2) is 3.97. The van der Waals surface area contributed by atoms with Gasteiger partial charge in [-0.1, -0.05) is 23.2 Å². The summed E-state index contributed by atoms with van der Waals surface area (Å²) < 4.78 is 1.67. The number of aromatic nitrogens is 1. The molecule has 1 aromatic carbocycles. The summed E-state index contributed by atoms with van der Waals surface area (Å²) in [6.45, 7) is 0. The van der Waals surface area contributed by atoms with Gasteiger partial charge in [0.25, 0.3) is 0 Å². The quantitative estimate of drug-likeness (QED) is 0.643. The molecule has 2 rings (SSSR count). The maximum absolute atomic E-state index is 6.06. The van der Waals surface area contributed by atoms with Crippen molar-refractivity contribution in [3.05, 3.63) is 37.3 Å². The highest BCUT2D eigenvalue weighted by molar-refractivity contribution is 9.11. The molecule has 0 saturated carbocycles. The number of halogens is 4. The Morgan fingerprint density at radius 3 is 2.50 bits per heavy atom. The average Bonchev–Trinajstić information content (AvgIpc) is 2.16. The molecular formula is C9H3Br2Cl2N. The summed E-state index contributed by atoms with van der Waals surface area (Å²) in [4.78, 5) is 4.21. The standard InChI is InChI=1S/C9H3Br2Cl2N/c10-4-1-2-5(12)7-8(11)6(13)3-14-9(4)7/h1-3H. The molecule has 0 spiro atoms.